The second kappa shape index (κ2) is 16.7. The lowest BCUT2D eigenvalue weighted by Gasteiger charge is -2.45. The molecular weight excluding hydrogens is 563 g/mol. The standard InChI is InChI=1S/C29H52ClN6O4P/c1-7-27(37)32-23-18-24(25(40-4)17-20(23)11-10-14-36(2)15-16-39-3)34-29-31-19-21(30)28(35-29)33-22-12-8-9-13-26(22)41(5,6)38/h7,20-26,28-29,31,33-35H,1,8-9,12-19H2,2-6H3,(H,32,37). The van der Waals surface area contributed by atoms with E-state index in [4.69, 9.17) is 21.1 Å². The highest BCUT2D eigenvalue weighted by Crippen LogP contribution is 2.49. The smallest absolute Gasteiger partial charge is 0.243 e. The lowest BCUT2D eigenvalue weighted by Crippen LogP contribution is -2.72. The summed E-state index contributed by atoms with van der Waals surface area (Å²) < 4.78 is 24.1. The second-order valence-electron chi connectivity index (χ2n) is 12.1. The van der Waals surface area contributed by atoms with Crippen molar-refractivity contribution in [1.29, 1.82) is 0 Å². The predicted molar refractivity (Wildman–Crippen MR) is 167 cm³/mol. The van der Waals surface area contributed by atoms with Gasteiger partial charge < -0.3 is 19.4 Å². The molecule has 1 saturated heterocycles. The first kappa shape index (κ1) is 34.5. The van der Waals surface area contributed by atoms with Gasteiger partial charge in [0.05, 0.1) is 37.9 Å². The number of rotatable bonds is 12. The van der Waals surface area contributed by atoms with Gasteiger partial charge in [-0.25, -0.2) is 0 Å². The highest BCUT2D eigenvalue weighted by Gasteiger charge is 2.41. The fraction of sp³-hybridized carbons (Fsp3) is 0.828. The molecule has 3 fully saturated rings. The SMILES string of the molecule is C=CC(=O)NC1CC(NC2NCC(Cl)C(NC3CCCCC3P(C)(C)=O)N2)C(OC)CC1C#CCN(C)CCOC. The summed E-state index contributed by atoms with van der Waals surface area (Å²) >= 11 is 6.75. The van der Waals surface area contributed by atoms with Gasteiger partial charge in [-0.1, -0.05) is 31.3 Å². The molecule has 1 amide bonds. The number of methoxy groups -OCH3 is 2. The molecule has 12 heteroatoms. The van der Waals surface area contributed by atoms with Crippen LogP contribution in [0.1, 0.15) is 38.5 Å². The van der Waals surface area contributed by atoms with Gasteiger partial charge in [0.1, 0.15) is 6.29 Å². The van der Waals surface area contributed by atoms with Crippen molar-refractivity contribution in [2.45, 2.75) is 86.2 Å². The van der Waals surface area contributed by atoms with Gasteiger partial charge in [0, 0.05) is 57.0 Å². The van der Waals surface area contributed by atoms with Crippen molar-refractivity contribution in [3.05, 3.63) is 12.7 Å². The summed E-state index contributed by atoms with van der Waals surface area (Å²) in [5.41, 5.74) is 0.173. The Morgan fingerprint density at radius 3 is 2.61 bits per heavy atom. The van der Waals surface area contributed by atoms with Crippen LogP contribution in [0.2, 0.25) is 0 Å². The van der Waals surface area contributed by atoms with Gasteiger partial charge >= 0.3 is 0 Å². The van der Waals surface area contributed by atoms with E-state index in [1.165, 1.54) is 6.08 Å². The summed E-state index contributed by atoms with van der Waals surface area (Å²) in [6, 6.07) is -0.00965. The molecule has 234 valence electrons. The minimum absolute atomic E-state index is 0.0380. The van der Waals surface area contributed by atoms with E-state index in [2.05, 4.69) is 49.9 Å². The van der Waals surface area contributed by atoms with Gasteiger partial charge in [-0.05, 0) is 52.1 Å². The van der Waals surface area contributed by atoms with E-state index in [1.54, 1.807) is 14.2 Å². The maximum Gasteiger partial charge on any atom is 0.243 e. The zero-order valence-corrected chi connectivity index (χ0v) is 27.1. The molecular formula is C29H52ClN6O4P. The van der Waals surface area contributed by atoms with E-state index in [-0.39, 0.29) is 59.5 Å². The molecule has 3 rings (SSSR count). The van der Waals surface area contributed by atoms with Gasteiger partial charge in [-0.2, -0.15) is 0 Å². The molecule has 2 aliphatic carbocycles. The topological polar surface area (TPSA) is 116 Å². The van der Waals surface area contributed by atoms with E-state index in [9.17, 15) is 9.36 Å². The van der Waals surface area contributed by atoms with E-state index >= 15 is 0 Å². The zero-order chi connectivity index (χ0) is 30.0. The summed E-state index contributed by atoms with van der Waals surface area (Å²) in [6.07, 6.45) is 6.46. The molecule has 9 atom stereocenters. The van der Waals surface area contributed by atoms with Crippen molar-refractivity contribution >= 4 is 24.7 Å². The number of hydrogen-bond donors (Lipinski definition) is 5. The lowest BCUT2D eigenvalue weighted by atomic mass is 9.79. The van der Waals surface area contributed by atoms with E-state index in [0.717, 1.165) is 32.2 Å². The first-order valence-corrected chi connectivity index (χ1v) is 18.0. The molecule has 0 bridgehead atoms. The molecule has 1 heterocycles. The van der Waals surface area contributed by atoms with Crippen molar-refractivity contribution in [2.75, 3.05) is 60.8 Å². The largest absolute Gasteiger partial charge is 0.383 e. The van der Waals surface area contributed by atoms with Crippen LogP contribution in [0.4, 0.5) is 0 Å². The highest BCUT2D eigenvalue weighted by atomic mass is 35.5. The minimum atomic E-state index is -2.23. The number of nitrogens with one attached hydrogen (secondary N) is 5. The molecule has 9 unspecified atom stereocenters. The maximum atomic E-state index is 13.0. The first-order valence-electron chi connectivity index (χ1n) is 14.9. The Kier molecular flexibility index (Phi) is 14.1. The van der Waals surface area contributed by atoms with Crippen molar-refractivity contribution < 1.29 is 18.8 Å². The number of likely N-dealkylation sites (N-methyl/N-ethyl adjacent to an activating group) is 1. The van der Waals surface area contributed by atoms with Crippen LogP contribution in [0.15, 0.2) is 12.7 Å². The molecule has 10 nitrogen and oxygen atoms in total. The Balaban J connectivity index is 1.66. The average Bonchev–Trinajstić information content (AvgIpc) is 2.94. The number of amides is 1. The number of nitrogens with zero attached hydrogens (tertiary/aromatic N) is 1. The van der Waals surface area contributed by atoms with Crippen molar-refractivity contribution in [2.24, 2.45) is 5.92 Å². The third-order valence-corrected chi connectivity index (χ3v) is 11.2. The number of alkyl halides is 1. The van der Waals surface area contributed by atoms with Crippen LogP contribution in [-0.4, -0.2) is 119 Å². The zero-order valence-electron chi connectivity index (χ0n) is 25.5. The molecule has 2 saturated carbocycles. The molecule has 41 heavy (non-hydrogen) atoms. The number of ether oxygens (including phenoxy) is 2. The Morgan fingerprint density at radius 1 is 1.17 bits per heavy atom. The normalized spacial score (nSPS) is 34.5. The Bertz CT molecular complexity index is 957. The average molecular weight is 615 g/mol. The Morgan fingerprint density at radius 2 is 1.93 bits per heavy atom. The highest BCUT2D eigenvalue weighted by molar-refractivity contribution is 7.63. The van der Waals surface area contributed by atoms with Crippen LogP contribution in [0.3, 0.4) is 0 Å². The second-order valence-corrected chi connectivity index (χ2v) is 16.1. The van der Waals surface area contributed by atoms with Crippen LogP contribution in [0.5, 0.6) is 0 Å². The predicted octanol–water partition coefficient (Wildman–Crippen LogP) is 1.56. The minimum Gasteiger partial charge on any atom is -0.383 e. The molecule has 0 spiro atoms. The monoisotopic (exact) mass is 614 g/mol. The molecule has 0 radical (unpaired) electrons. The Hall–Kier alpha value is -0.990. The van der Waals surface area contributed by atoms with Crippen LogP contribution in [0, 0.1) is 17.8 Å². The summed E-state index contributed by atoms with van der Waals surface area (Å²) in [6.45, 7) is 10.1. The molecule has 1 aliphatic heterocycles. The summed E-state index contributed by atoms with van der Waals surface area (Å²) in [5.74, 6) is 6.44. The van der Waals surface area contributed by atoms with Gasteiger partial charge in [0.15, 0.2) is 0 Å². The van der Waals surface area contributed by atoms with E-state index in [1.807, 2.05) is 20.4 Å². The quantitative estimate of drug-likeness (QED) is 0.0967. The van der Waals surface area contributed by atoms with Crippen molar-refractivity contribution in [3.63, 3.8) is 0 Å². The fourth-order valence-electron chi connectivity index (χ4n) is 6.25. The first-order chi connectivity index (χ1) is 19.5. The molecule has 3 aliphatic rings. The van der Waals surface area contributed by atoms with Gasteiger partial charge in [0.2, 0.25) is 5.91 Å². The molecule has 0 aromatic heterocycles. The van der Waals surface area contributed by atoms with Crippen molar-refractivity contribution in [3.8, 4) is 11.8 Å². The third kappa shape index (κ3) is 10.6. The lowest BCUT2D eigenvalue weighted by molar-refractivity contribution is -0.118. The van der Waals surface area contributed by atoms with E-state index < -0.39 is 7.14 Å². The van der Waals surface area contributed by atoms with Crippen LogP contribution in [-0.2, 0) is 18.8 Å². The number of carbonyl (C=O) groups excluding carboxylic acids is 1. The number of carbonyl (C=O) groups is 1. The number of hydrogen-bond acceptors (Lipinski definition) is 9. The van der Waals surface area contributed by atoms with Gasteiger partial charge in [-0.15, -0.1) is 11.6 Å². The van der Waals surface area contributed by atoms with Gasteiger partial charge in [0.25, 0.3) is 0 Å². The number of halogens is 1. The van der Waals surface area contributed by atoms with Crippen LogP contribution >= 0.6 is 18.7 Å². The van der Waals surface area contributed by atoms with Gasteiger partial charge in [-0.3, -0.25) is 31.0 Å². The summed E-state index contributed by atoms with van der Waals surface area (Å²) in [5, 5.41) is 17.4. The van der Waals surface area contributed by atoms with Crippen molar-refractivity contribution in [1.82, 2.24) is 31.5 Å². The molecule has 0 aromatic carbocycles. The summed E-state index contributed by atoms with van der Waals surface area (Å²) in [7, 11) is 3.20. The van der Waals surface area contributed by atoms with Crippen LogP contribution in [0.25, 0.3) is 0 Å². The molecule has 0 aromatic rings. The summed E-state index contributed by atoms with van der Waals surface area (Å²) in [4.78, 5) is 14.4. The third-order valence-electron chi connectivity index (χ3n) is 8.59. The molecule has 5 N–H and O–H groups in total. The Labute approximate surface area is 252 Å². The van der Waals surface area contributed by atoms with E-state index in [0.29, 0.717) is 32.5 Å². The van der Waals surface area contributed by atoms with Crippen LogP contribution < -0.4 is 26.6 Å². The maximum absolute atomic E-state index is 13.0. The fourth-order valence-corrected chi connectivity index (χ4v) is 8.39.